The molecule has 1 aromatic heterocycles. The number of rotatable bonds is 3. The van der Waals surface area contributed by atoms with Crippen LogP contribution in [0.25, 0.3) is 10.9 Å². The van der Waals surface area contributed by atoms with Crippen molar-refractivity contribution in [3.05, 3.63) is 69.3 Å². The SMILES string of the molecule is Cc1ccc(C)c(N(C(=O)c2ccc3c(=O)n4c(nc3c2)CCCCCC4)C(C)C)c1. The van der Waals surface area contributed by atoms with Crippen molar-refractivity contribution in [1.29, 1.82) is 0 Å². The molecule has 0 unspecified atom stereocenters. The number of carbonyl (C=O) groups excluding carboxylic acids is 1. The number of fused-ring (bicyclic) bond motifs is 2. The third-order valence-corrected chi connectivity index (χ3v) is 6.17. The Labute approximate surface area is 183 Å². The lowest BCUT2D eigenvalue weighted by Gasteiger charge is -2.29. The third kappa shape index (κ3) is 4.14. The standard InChI is InChI=1S/C26H31N3O2/c1-17(2)29(23-15-18(3)10-11-19(23)4)25(30)20-12-13-21-22(16-20)27-24-9-7-5-6-8-14-28(24)26(21)31/h10-13,15-17H,5-9,14H2,1-4H3. The summed E-state index contributed by atoms with van der Waals surface area (Å²) in [4.78, 5) is 33.3. The molecule has 4 rings (SSSR count). The number of aromatic nitrogens is 2. The molecule has 1 amide bonds. The first-order valence-corrected chi connectivity index (χ1v) is 11.3. The summed E-state index contributed by atoms with van der Waals surface area (Å²) < 4.78 is 1.83. The lowest BCUT2D eigenvalue weighted by atomic mass is 10.0. The molecule has 2 aromatic carbocycles. The molecule has 2 heterocycles. The van der Waals surface area contributed by atoms with Crippen LogP contribution in [0.3, 0.4) is 0 Å². The first kappa shape index (κ1) is 21.3. The molecular formula is C26H31N3O2. The summed E-state index contributed by atoms with van der Waals surface area (Å²) in [6.45, 7) is 8.83. The maximum atomic E-state index is 13.6. The molecule has 0 spiro atoms. The number of anilines is 1. The van der Waals surface area contributed by atoms with Gasteiger partial charge in [-0.05, 0) is 75.9 Å². The van der Waals surface area contributed by atoms with Gasteiger partial charge in [0.25, 0.3) is 11.5 Å². The summed E-state index contributed by atoms with van der Waals surface area (Å²) in [6, 6.07) is 11.5. The lowest BCUT2D eigenvalue weighted by Crippen LogP contribution is -2.37. The molecule has 0 radical (unpaired) electrons. The van der Waals surface area contributed by atoms with Crippen molar-refractivity contribution in [3.63, 3.8) is 0 Å². The molecule has 5 nitrogen and oxygen atoms in total. The van der Waals surface area contributed by atoms with E-state index in [4.69, 9.17) is 4.98 Å². The van der Waals surface area contributed by atoms with Gasteiger partial charge in [-0.3, -0.25) is 14.2 Å². The van der Waals surface area contributed by atoms with Crippen LogP contribution in [-0.4, -0.2) is 21.5 Å². The van der Waals surface area contributed by atoms with Crippen molar-refractivity contribution >= 4 is 22.5 Å². The van der Waals surface area contributed by atoms with E-state index < -0.39 is 0 Å². The van der Waals surface area contributed by atoms with Crippen molar-refractivity contribution in [2.75, 3.05) is 4.90 Å². The Morgan fingerprint density at radius 1 is 1.03 bits per heavy atom. The molecule has 1 aliphatic rings. The van der Waals surface area contributed by atoms with E-state index in [0.29, 0.717) is 16.5 Å². The summed E-state index contributed by atoms with van der Waals surface area (Å²) in [5.74, 6) is 0.774. The van der Waals surface area contributed by atoms with Gasteiger partial charge in [-0.2, -0.15) is 0 Å². The van der Waals surface area contributed by atoms with Gasteiger partial charge in [-0.25, -0.2) is 4.98 Å². The molecule has 5 heteroatoms. The normalized spacial score (nSPS) is 14.2. The van der Waals surface area contributed by atoms with Gasteiger partial charge < -0.3 is 4.90 Å². The molecule has 0 saturated carbocycles. The predicted octanol–water partition coefficient (Wildman–Crippen LogP) is 5.19. The van der Waals surface area contributed by atoms with Gasteiger partial charge in [0.05, 0.1) is 10.9 Å². The number of amides is 1. The van der Waals surface area contributed by atoms with Gasteiger partial charge in [0.1, 0.15) is 5.82 Å². The Hall–Kier alpha value is -2.95. The fourth-order valence-electron chi connectivity index (χ4n) is 4.47. The highest BCUT2D eigenvalue weighted by molar-refractivity contribution is 6.08. The second-order valence-corrected chi connectivity index (χ2v) is 8.94. The second kappa shape index (κ2) is 8.66. The number of aryl methyl sites for hydroxylation is 3. The number of hydrogen-bond donors (Lipinski definition) is 0. The largest absolute Gasteiger partial charge is 0.306 e. The highest BCUT2D eigenvalue weighted by Crippen LogP contribution is 2.26. The summed E-state index contributed by atoms with van der Waals surface area (Å²) in [5.41, 5.74) is 4.29. The molecule has 0 fully saturated rings. The number of benzene rings is 2. The van der Waals surface area contributed by atoms with Gasteiger partial charge >= 0.3 is 0 Å². The minimum absolute atomic E-state index is 0.00178. The van der Waals surface area contributed by atoms with Crippen LogP contribution in [0.4, 0.5) is 5.69 Å². The first-order valence-electron chi connectivity index (χ1n) is 11.3. The first-order chi connectivity index (χ1) is 14.9. The molecule has 1 aliphatic heterocycles. The molecule has 0 aliphatic carbocycles. The van der Waals surface area contributed by atoms with E-state index in [1.807, 2.05) is 43.2 Å². The van der Waals surface area contributed by atoms with E-state index >= 15 is 0 Å². The van der Waals surface area contributed by atoms with E-state index in [1.165, 1.54) is 6.42 Å². The Bertz CT molecular complexity index is 1190. The molecule has 162 valence electrons. The van der Waals surface area contributed by atoms with E-state index in [1.54, 1.807) is 18.2 Å². The van der Waals surface area contributed by atoms with E-state index in [9.17, 15) is 9.59 Å². The minimum atomic E-state index is -0.0701. The Kier molecular flexibility index (Phi) is 5.94. The zero-order valence-electron chi connectivity index (χ0n) is 18.9. The van der Waals surface area contributed by atoms with Crippen LogP contribution in [0.15, 0.2) is 41.2 Å². The van der Waals surface area contributed by atoms with Gasteiger partial charge in [0.15, 0.2) is 0 Å². The zero-order chi connectivity index (χ0) is 22.1. The molecule has 3 aromatic rings. The van der Waals surface area contributed by atoms with Crippen LogP contribution in [0.5, 0.6) is 0 Å². The molecule has 31 heavy (non-hydrogen) atoms. The second-order valence-electron chi connectivity index (χ2n) is 8.94. The Morgan fingerprint density at radius 3 is 2.58 bits per heavy atom. The molecule has 0 atom stereocenters. The molecule has 0 saturated heterocycles. The van der Waals surface area contributed by atoms with Crippen molar-refractivity contribution < 1.29 is 4.79 Å². The lowest BCUT2D eigenvalue weighted by molar-refractivity contribution is 0.0980. The van der Waals surface area contributed by atoms with Crippen molar-refractivity contribution in [2.24, 2.45) is 0 Å². The number of nitrogens with zero attached hydrogens (tertiary/aromatic N) is 3. The summed E-state index contributed by atoms with van der Waals surface area (Å²) in [6.07, 6.45) is 5.19. The average molecular weight is 418 g/mol. The van der Waals surface area contributed by atoms with Gasteiger partial charge in [-0.15, -0.1) is 0 Å². The highest BCUT2D eigenvalue weighted by atomic mass is 16.2. The third-order valence-electron chi connectivity index (χ3n) is 6.17. The van der Waals surface area contributed by atoms with Gasteiger partial charge in [-0.1, -0.05) is 25.0 Å². The van der Waals surface area contributed by atoms with Crippen LogP contribution >= 0.6 is 0 Å². The average Bonchev–Trinajstić information content (AvgIpc) is 2.71. The highest BCUT2D eigenvalue weighted by Gasteiger charge is 2.23. The zero-order valence-corrected chi connectivity index (χ0v) is 18.9. The maximum Gasteiger partial charge on any atom is 0.261 e. The van der Waals surface area contributed by atoms with Crippen LogP contribution in [0, 0.1) is 13.8 Å². The van der Waals surface area contributed by atoms with Gasteiger partial charge in [0.2, 0.25) is 0 Å². The van der Waals surface area contributed by atoms with Crippen LogP contribution < -0.4 is 10.5 Å². The van der Waals surface area contributed by atoms with Crippen molar-refractivity contribution in [3.8, 4) is 0 Å². The fourth-order valence-corrected chi connectivity index (χ4v) is 4.47. The summed E-state index contributed by atoms with van der Waals surface area (Å²) >= 11 is 0. The molecule has 0 N–H and O–H groups in total. The number of hydrogen-bond acceptors (Lipinski definition) is 3. The Morgan fingerprint density at radius 2 is 1.81 bits per heavy atom. The topological polar surface area (TPSA) is 55.2 Å². The summed E-state index contributed by atoms with van der Waals surface area (Å²) in [5, 5.41) is 0.587. The molecule has 0 bridgehead atoms. The minimum Gasteiger partial charge on any atom is -0.306 e. The van der Waals surface area contributed by atoms with Crippen molar-refractivity contribution in [2.45, 2.75) is 72.4 Å². The molecular weight excluding hydrogens is 386 g/mol. The van der Waals surface area contributed by atoms with E-state index in [2.05, 4.69) is 12.1 Å². The van der Waals surface area contributed by atoms with E-state index in [0.717, 1.165) is 54.9 Å². The van der Waals surface area contributed by atoms with Crippen LogP contribution in [0.1, 0.15) is 66.8 Å². The number of carbonyl (C=O) groups is 1. The fraction of sp³-hybridized carbons (Fsp3) is 0.423. The monoisotopic (exact) mass is 417 g/mol. The Balaban J connectivity index is 1.79. The van der Waals surface area contributed by atoms with Crippen molar-refractivity contribution in [1.82, 2.24) is 9.55 Å². The predicted molar refractivity (Wildman–Crippen MR) is 126 cm³/mol. The van der Waals surface area contributed by atoms with Crippen LogP contribution in [-0.2, 0) is 13.0 Å². The van der Waals surface area contributed by atoms with Gasteiger partial charge in [0, 0.05) is 30.3 Å². The van der Waals surface area contributed by atoms with Crippen LogP contribution in [0.2, 0.25) is 0 Å². The summed E-state index contributed by atoms with van der Waals surface area (Å²) in [7, 11) is 0. The van der Waals surface area contributed by atoms with E-state index in [-0.39, 0.29) is 17.5 Å². The smallest absolute Gasteiger partial charge is 0.261 e. The quantitative estimate of drug-likeness (QED) is 0.590. The maximum absolute atomic E-state index is 13.6.